The second kappa shape index (κ2) is 9.63. The number of aliphatic hydroxyl groups is 1. The van der Waals surface area contributed by atoms with Crippen LogP contribution < -0.4 is 5.32 Å². The molecule has 0 aromatic heterocycles. The third-order valence-corrected chi connectivity index (χ3v) is 2.60. The van der Waals surface area contributed by atoms with E-state index in [-0.39, 0.29) is 6.10 Å². The van der Waals surface area contributed by atoms with Gasteiger partial charge in [-0.25, -0.2) is 0 Å². The van der Waals surface area contributed by atoms with Crippen molar-refractivity contribution >= 4 is 0 Å². The molecule has 0 aromatic rings. The molecule has 0 rings (SSSR count). The molecule has 0 spiro atoms. The predicted octanol–water partition coefficient (Wildman–Crippen LogP) is 2.35. The Bertz CT molecular complexity index is 195. The maximum absolute atomic E-state index is 9.74. The minimum absolute atomic E-state index is 0.218. The Kier molecular flexibility index (Phi) is 9.41. The molecule has 0 saturated heterocycles. The van der Waals surface area contributed by atoms with E-state index >= 15 is 0 Å². The molecule has 3 nitrogen and oxygen atoms in total. The Morgan fingerprint density at radius 3 is 2.47 bits per heavy atom. The van der Waals surface area contributed by atoms with Gasteiger partial charge < -0.3 is 15.2 Å². The first-order chi connectivity index (χ1) is 7.95. The first-order valence-electron chi connectivity index (χ1n) is 6.59. The van der Waals surface area contributed by atoms with Crippen molar-refractivity contribution in [2.24, 2.45) is 5.92 Å². The Labute approximate surface area is 106 Å². The Morgan fingerprint density at radius 1 is 1.29 bits per heavy atom. The molecule has 0 fully saturated rings. The molecule has 0 amide bonds. The SMILES string of the molecule is C=CCC(C)NCC(O)COC(C)CC(C)C. The van der Waals surface area contributed by atoms with Crippen LogP contribution in [0.1, 0.15) is 40.5 Å². The Balaban J connectivity index is 3.58. The van der Waals surface area contributed by atoms with Crippen LogP contribution in [0.3, 0.4) is 0 Å². The van der Waals surface area contributed by atoms with Gasteiger partial charge in [0.15, 0.2) is 0 Å². The normalized spacial score (nSPS) is 16.8. The standard InChI is InChI=1S/C14H29NO2/c1-6-7-12(4)15-9-14(16)10-17-13(5)8-11(2)3/h6,11-16H,1,7-10H2,2-5H3. The quantitative estimate of drug-likeness (QED) is 0.579. The highest BCUT2D eigenvalue weighted by Crippen LogP contribution is 2.07. The lowest BCUT2D eigenvalue weighted by atomic mass is 10.1. The van der Waals surface area contributed by atoms with Gasteiger partial charge in [-0.15, -0.1) is 6.58 Å². The van der Waals surface area contributed by atoms with Gasteiger partial charge in [-0.05, 0) is 32.6 Å². The summed E-state index contributed by atoms with van der Waals surface area (Å²) >= 11 is 0. The number of aliphatic hydroxyl groups excluding tert-OH is 1. The van der Waals surface area contributed by atoms with Crippen molar-refractivity contribution in [2.75, 3.05) is 13.2 Å². The van der Waals surface area contributed by atoms with Gasteiger partial charge >= 0.3 is 0 Å². The lowest BCUT2D eigenvalue weighted by Crippen LogP contribution is -2.36. The van der Waals surface area contributed by atoms with Crippen LogP contribution in [0.4, 0.5) is 0 Å². The summed E-state index contributed by atoms with van der Waals surface area (Å²) in [7, 11) is 0. The maximum atomic E-state index is 9.74. The van der Waals surface area contributed by atoms with Crippen LogP contribution in [0, 0.1) is 5.92 Å². The highest BCUT2D eigenvalue weighted by atomic mass is 16.5. The number of hydrogen-bond donors (Lipinski definition) is 2. The topological polar surface area (TPSA) is 41.5 Å². The lowest BCUT2D eigenvalue weighted by Gasteiger charge is -2.19. The molecule has 17 heavy (non-hydrogen) atoms. The smallest absolute Gasteiger partial charge is 0.0897 e. The van der Waals surface area contributed by atoms with Gasteiger partial charge in [0.2, 0.25) is 0 Å². The first kappa shape index (κ1) is 16.6. The molecule has 0 aliphatic heterocycles. The average molecular weight is 243 g/mol. The van der Waals surface area contributed by atoms with E-state index in [0.717, 1.165) is 12.8 Å². The molecule has 0 aliphatic carbocycles. The number of rotatable bonds is 10. The van der Waals surface area contributed by atoms with Crippen molar-refractivity contribution < 1.29 is 9.84 Å². The molecule has 3 heteroatoms. The highest BCUT2D eigenvalue weighted by molar-refractivity contribution is 4.75. The van der Waals surface area contributed by atoms with Gasteiger partial charge in [-0.1, -0.05) is 19.9 Å². The average Bonchev–Trinajstić information content (AvgIpc) is 2.23. The summed E-state index contributed by atoms with van der Waals surface area (Å²) in [5, 5.41) is 13.0. The second-order valence-electron chi connectivity index (χ2n) is 5.26. The second-order valence-corrected chi connectivity index (χ2v) is 5.26. The van der Waals surface area contributed by atoms with Gasteiger partial charge in [0.25, 0.3) is 0 Å². The van der Waals surface area contributed by atoms with Crippen molar-refractivity contribution in [1.29, 1.82) is 0 Å². The van der Waals surface area contributed by atoms with E-state index in [2.05, 4.69) is 39.6 Å². The van der Waals surface area contributed by atoms with Gasteiger partial charge in [-0.3, -0.25) is 0 Å². The zero-order chi connectivity index (χ0) is 13.3. The summed E-state index contributed by atoms with van der Waals surface area (Å²) in [6.07, 6.45) is 3.61. The van der Waals surface area contributed by atoms with Crippen molar-refractivity contribution in [3.63, 3.8) is 0 Å². The van der Waals surface area contributed by atoms with E-state index in [9.17, 15) is 5.11 Å². The van der Waals surface area contributed by atoms with Crippen LogP contribution in [0.2, 0.25) is 0 Å². The van der Waals surface area contributed by atoms with E-state index in [1.807, 2.05) is 6.08 Å². The summed E-state index contributed by atoms with van der Waals surface area (Å²) in [5.74, 6) is 0.632. The molecule has 3 unspecified atom stereocenters. The Morgan fingerprint density at radius 2 is 1.94 bits per heavy atom. The molecule has 0 heterocycles. The molecule has 0 saturated carbocycles. The predicted molar refractivity (Wildman–Crippen MR) is 73.2 cm³/mol. The molecule has 0 aliphatic rings. The monoisotopic (exact) mass is 243 g/mol. The first-order valence-corrected chi connectivity index (χ1v) is 6.59. The van der Waals surface area contributed by atoms with Gasteiger partial charge in [0.1, 0.15) is 0 Å². The van der Waals surface area contributed by atoms with Crippen molar-refractivity contribution in [2.45, 2.75) is 58.8 Å². The van der Waals surface area contributed by atoms with Gasteiger partial charge in [0.05, 0.1) is 18.8 Å². The van der Waals surface area contributed by atoms with E-state index in [0.29, 0.717) is 25.1 Å². The minimum Gasteiger partial charge on any atom is -0.389 e. The van der Waals surface area contributed by atoms with Crippen LogP contribution >= 0.6 is 0 Å². The third-order valence-electron chi connectivity index (χ3n) is 2.60. The van der Waals surface area contributed by atoms with E-state index in [4.69, 9.17) is 4.74 Å². The molecule has 2 N–H and O–H groups in total. The fourth-order valence-electron chi connectivity index (χ4n) is 1.74. The molecule has 0 radical (unpaired) electrons. The zero-order valence-corrected chi connectivity index (χ0v) is 11.8. The highest BCUT2D eigenvalue weighted by Gasteiger charge is 2.10. The minimum atomic E-state index is -0.433. The summed E-state index contributed by atoms with van der Waals surface area (Å²) < 4.78 is 5.60. The van der Waals surface area contributed by atoms with E-state index < -0.39 is 6.10 Å². The van der Waals surface area contributed by atoms with Crippen molar-refractivity contribution in [3.05, 3.63) is 12.7 Å². The van der Waals surface area contributed by atoms with Crippen LogP contribution in [0.25, 0.3) is 0 Å². The fourth-order valence-corrected chi connectivity index (χ4v) is 1.74. The van der Waals surface area contributed by atoms with Gasteiger partial charge in [-0.2, -0.15) is 0 Å². The van der Waals surface area contributed by atoms with E-state index in [1.54, 1.807) is 0 Å². The molecular formula is C14H29NO2. The fraction of sp³-hybridized carbons (Fsp3) is 0.857. The molecule has 102 valence electrons. The molecular weight excluding hydrogens is 214 g/mol. The lowest BCUT2D eigenvalue weighted by molar-refractivity contribution is -0.00909. The number of ether oxygens (including phenoxy) is 1. The van der Waals surface area contributed by atoms with Crippen LogP contribution in [0.15, 0.2) is 12.7 Å². The van der Waals surface area contributed by atoms with Gasteiger partial charge in [0, 0.05) is 12.6 Å². The largest absolute Gasteiger partial charge is 0.389 e. The molecule has 0 aromatic carbocycles. The third kappa shape index (κ3) is 10.5. The van der Waals surface area contributed by atoms with Crippen LogP contribution in [-0.4, -0.2) is 36.5 Å². The number of hydrogen-bond acceptors (Lipinski definition) is 3. The molecule has 0 bridgehead atoms. The summed E-state index contributed by atoms with van der Waals surface area (Å²) in [5.41, 5.74) is 0. The molecule has 3 atom stereocenters. The maximum Gasteiger partial charge on any atom is 0.0897 e. The number of nitrogens with one attached hydrogen (secondary N) is 1. The Hall–Kier alpha value is -0.380. The van der Waals surface area contributed by atoms with Crippen LogP contribution in [-0.2, 0) is 4.74 Å². The van der Waals surface area contributed by atoms with E-state index in [1.165, 1.54) is 0 Å². The van der Waals surface area contributed by atoms with Crippen LogP contribution in [0.5, 0.6) is 0 Å². The summed E-state index contributed by atoms with van der Waals surface area (Å²) in [6.45, 7) is 13.2. The summed E-state index contributed by atoms with van der Waals surface area (Å²) in [4.78, 5) is 0. The van der Waals surface area contributed by atoms with Crippen molar-refractivity contribution in [3.8, 4) is 0 Å². The van der Waals surface area contributed by atoms with Crippen molar-refractivity contribution in [1.82, 2.24) is 5.32 Å². The summed E-state index contributed by atoms with van der Waals surface area (Å²) in [6, 6.07) is 0.357. The zero-order valence-electron chi connectivity index (χ0n) is 11.8.